The monoisotopic (exact) mass is 205 g/mol. The summed E-state index contributed by atoms with van der Waals surface area (Å²) in [5, 5.41) is 0. The minimum Gasteiger partial charge on any atom is -0.349 e. The molecule has 0 saturated heterocycles. The number of carbonyl (C=O) groups excluding carboxylic acids is 1. The molecular weight excluding hydrogens is 186 g/mol. The number of rotatable bonds is 4. The smallest absolute Gasteiger partial charge is 0.222 e. The Morgan fingerprint density at radius 1 is 1.13 bits per heavy atom. The number of amides is 1. The van der Waals surface area contributed by atoms with Gasteiger partial charge in [0.2, 0.25) is 5.91 Å². The second-order valence-corrected chi connectivity index (χ2v) is 3.96. The summed E-state index contributed by atoms with van der Waals surface area (Å²) in [6.07, 6.45) is 2.50. The lowest BCUT2D eigenvalue weighted by atomic mass is 10.1. The van der Waals surface area contributed by atoms with Crippen LogP contribution in [0.25, 0.3) is 0 Å². The molecule has 0 saturated carbocycles. The van der Waals surface area contributed by atoms with Crippen LogP contribution in [0.5, 0.6) is 0 Å². The van der Waals surface area contributed by atoms with Crippen molar-refractivity contribution in [3.05, 3.63) is 35.4 Å². The highest BCUT2D eigenvalue weighted by Crippen LogP contribution is 2.07. The van der Waals surface area contributed by atoms with Gasteiger partial charge in [-0.1, -0.05) is 31.2 Å². The van der Waals surface area contributed by atoms with E-state index in [-0.39, 0.29) is 5.91 Å². The van der Waals surface area contributed by atoms with E-state index in [1.807, 2.05) is 0 Å². The van der Waals surface area contributed by atoms with Crippen LogP contribution in [0.15, 0.2) is 24.3 Å². The first-order valence-corrected chi connectivity index (χ1v) is 5.41. The zero-order valence-corrected chi connectivity index (χ0v) is 9.79. The Labute approximate surface area is 91.9 Å². The number of aryl methyl sites for hydroxylation is 2. The molecule has 82 valence electrons. The molecule has 0 fully saturated rings. The standard InChI is InChI=1S/C13H19NO/c1-4-11-5-7-12(8-6-11)9-10-13(15)14(2)3/h5-8H,4,9-10H2,1-3H3. The third kappa shape index (κ3) is 3.74. The molecule has 0 aliphatic carbocycles. The molecule has 0 N–H and O–H groups in total. The first kappa shape index (κ1) is 11.8. The van der Waals surface area contributed by atoms with Crippen molar-refractivity contribution >= 4 is 5.91 Å². The van der Waals surface area contributed by atoms with Crippen molar-refractivity contribution in [3.63, 3.8) is 0 Å². The van der Waals surface area contributed by atoms with Crippen LogP contribution in [0, 0.1) is 0 Å². The van der Waals surface area contributed by atoms with Gasteiger partial charge in [0, 0.05) is 20.5 Å². The lowest BCUT2D eigenvalue weighted by Crippen LogP contribution is -2.21. The second-order valence-electron chi connectivity index (χ2n) is 3.96. The van der Waals surface area contributed by atoms with Gasteiger partial charge in [0.25, 0.3) is 0 Å². The van der Waals surface area contributed by atoms with Gasteiger partial charge in [-0.2, -0.15) is 0 Å². The molecule has 1 amide bonds. The summed E-state index contributed by atoms with van der Waals surface area (Å²) in [6, 6.07) is 8.49. The Bertz CT molecular complexity index is 314. The molecule has 0 heterocycles. The van der Waals surface area contributed by atoms with E-state index in [4.69, 9.17) is 0 Å². The largest absolute Gasteiger partial charge is 0.349 e. The van der Waals surface area contributed by atoms with Crippen molar-refractivity contribution in [2.45, 2.75) is 26.2 Å². The summed E-state index contributed by atoms with van der Waals surface area (Å²) >= 11 is 0. The molecule has 0 aromatic heterocycles. The predicted molar refractivity (Wildman–Crippen MR) is 62.8 cm³/mol. The van der Waals surface area contributed by atoms with Crippen molar-refractivity contribution in [2.75, 3.05) is 14.1 Å². The van der Waals surface area contributed by atoms with Crippen molar-refractivity contribution in [3.8, 4) is 0 Å². The van der Waals surface area contributed by atoms with E-state index >= 15 is 0 Å². The van der Waals surface area contributed by atoms with Crippen molar-refractivity contribution in [1.82, 2.24) is 4.90 Å². The summed E-state index contributed by atoms with van der Waals surface area (Å²) in [6.45, 7) is 2.14. The van der Waals surface area contributed by atoms with Crippen LogP contribution in [0.1, 0.15) is 24.5 Å². The average molecular weight is 205 g/mol. The predicted octanol–water partition coefficient (Wildman–Crippen LogP) is 2.27. The Balaban J connectivity index is 2.47. The van der Waals surface area contributed by atoms with Gasteiger partial charge in [0.15, 0.2) is 0 Å². The van der Waals surface area contributed by atoms with Gasteiger partial charge in [-0.05, 0) is 24.0 Å². The van der Waals surface area contributed by atoms with Crippen molar-refractivity contribution in [1.29, 1.82) is 0 Å². The fourth-order valence-electron chi connectivity index (χ4n) is 1.42. The molecule has 0 atom stereocenters. The van der Waals surface area contributed by atoms with Crippen LogP contribution in [0.4, 0.5) is 0 Å². The molecule has 1 rings (SSSR count). The Morgan fingerprint density at radius 2 is 1.67 bits per heavy atom. The average Bonchev–Trinajstić information content (AvgIpc) is 2.26. The van der Waals surface area contributed by atoms with E-state index in [9.17, 15) is 4.79 Å². The molecule has 2 nitrogen and oxygen atoms in total. The van der Waals surface area contributed by atoms with Gasteiger partial charge in [-0.15, -0.1) is 0 Å². The molecule has 1 aromatic rings. The lowest BCUT2D eigenvalue weighted by molar-refractivity contribution is -0.128. The molecule has 1 aromatic carbocycles. The Kier molecular flexibility index (Phi) is 4.35. The van der Waals surface area contributed by atoms with Gasteiger partial charge < -0.3 is 4.90 Å². The van der Waals surface area contributed by atoms with Crippen LogP contribution in [-0.2, 0) is 17.6 Å². The van der Waals surface area contributed by atoms with Gasteiger partial charge in [0.1, 0.15) is 0 Å². The van der Waals surface area contributed by atoms with Crippen LogP contribution in [0.3, 0.4) is 0 Å². The minimum atomic E-state index is 0.189. The van der Waals surface area contributed by atoms with E-state index in [2.05, 4.69) is 31.2 Å². The third-order valence-corrected chi connectivity index (χ3v) is 2.56. The van der Waals surface area contributed by atoms with Gasteiger partial charge >= 0.3 is 0 Å². The highest BCUT2D eigenvalue weighted by atomic mass is 16.2. The van der Waals surface area contributed by atoms with Crippen LogP contribution < -0.4 is 0 Å². The molecule has 0 aliphatic rings. The topological polar surface area (TPSA) is 20.3 Å². The molecular formula is C13H19NO. The van der Waals surface area contributed by atoms with E-state index in [1.165, 1.54) is 11.1 Å². The summed E-state index contributed by atoms with van der Waals surface area (Å²) in [5.41, 5.74) is 2.58. The van der Waals surface area contributed by atoms with Crippen LogP contribution in [-0.4, -0.2) is 24.9 Å². The Hall–Kier alpha value is -1.31. The SMILES string of the molecule is CCc1ccc(CCC(=O)N(C)C)cc1. The van der Waals surface area contributed by atoms with Crippen molar-refractivity contribution < 1.29 is 4.79 Å². The first-order chi connectivity index (χ1) is 7.13. The van der Waals surface area contributed by atoms with Gasteiger partial charge in [0.05, 0.1) is 0 Å². The van der Waals surface area contributed by atoms with Crippen LogP contribution >= 0.6 is 0 Å². The highest BCUT2D eigenvalue weighted by Gasteiger charge is 2.03. The molecule has 2 heteroatoms. The fraction of sp³-hybridized carbons (Fsp3) is 0.462. The maximum atomic E-state index is 11.4. The number of carbonyl (C=O) groups is 1. The van der Waals surface area contributed by atoms with E-state index in [1.54, 1.807) is 19.0 Å². The molecule has 0 aliphatic heterocycles. The second kappa shape index (κ2) is 5.54. The summed E-state index contributed by atoms with van der Waals surface area (Å²) < 4.78 is 0. The fourth-order valence-corrected chi connectivity index (χ4v) is 1.42. The van der Waals surface area contributed by atoms with E-state index in [0.717, 1.165) is 12.8 Å². The van der Waals surface area contributed by atoms with Crippen molar-refractivity contribution in [2.24, 2.45) is 0 Å². The summed E-state index contributed by atoms with van der Waals surface area (Å²) in [7, 11) is 3.59. The highest BCUT2D eigenvalue weighted by molar-refractivity contribution is 5.75. The minimum absolute atomic E-state index is 0.189. The van der Waals surface area contributed by atoms with Gasteiger partial charge in [-0.25, -0.2) is 0 Å². The summed E-state index contributed by atoms with van der Waals surface area (Å²) in [5.74, 6) is 0.189. The number of hydrogen-bond acceptors (Lipinski definition) is 1. The maximum Gasteiger partial charge on any atom is 0.222 e. The first-order valence-electron chi connectivity index (χ1n) is 5.41. The zero-order valence-electron chi connectivity index (χ0n) is 9.79. The summed E-state index contributed by atoms with van der Waals surface area (Å²) in [4.78, 5) is 13.0. The van der Waals surface area contributed by atoms with E-state index < -0.39 is 0 Å². The Morgan fingerprint density at radius 3 is 2.13 bits per heavy atom. The van der Waals surface area contributed by atoms with Gasteiger partial charge in [-0.3, -0.25) is 4.79 Å². The molecule has 0 spiro atoms. The van der Waals surface area contributed by atoms with Crippen LogP contribution in [0.2, 0.25) is 0 Å². The normalized spacial score (nSPS) is 10.1. The quantitative estimate of drug-likeness (QED) is 0.738. The number of benzene rings is 1. The zero-order chi connectivity index (χ0) is 11.3. The molecule has 15 heavy (non-hydrogen) atoms. The maximum absolute atomic E-state index is 11.4. The molecule has 0 unspecified atom stereocenters. The van der Waals surface area contributed by atoms with E-state index in [0.29, 0.717) is 6.42 Å². The third-order valence-electron chi connectivity index (χ3n) is 2.56. The lowest BCUT2D eigenvalue weighted by Gasteiger charge is -2.09. The number of hydrogen-bond donors (Lipinski definition) is 0. The molecule has 0 radical (unpaired) electrons. The molecule has 0 bridgehead atoms. The number of nitrogens with zero attached hydrogens (tertiary/aromatic N) is 1.